The fourth-order valence-electron chi connectivity index (χ4n) is 7.15. The van der Waals surface area contributed by atoms with Gasteiger partial charge in [0, 0.05) is 48.2 Å². The predicted octanol–water partition coefficient (Wildman–Crippen LogP) is 4.88. The van der Waals surface area contributed by atoms with Gasteiger partial charge in [0.05, 0.1) is 41.1 Å². The lowest BCUT2D eigenvalue weighted by Gasteiger charge is -2.40. The van der Waals surface area contributed by atoms with Crippen LogP contribution in [0.5, 0.6) is 5.75 Å². The average Bonchev–Trinajstić information content (AvgIpc) is 3.43. The molecular formula is C33H36ClN5O4S. The number of ether oxygens (including phenoxy) is 1. The lowest BCUT2D eigenvalue weighted by molar-refractivity contribution is -0.122. The molecule has 1 spiro atoms. The van der Waals surface area contributed by atoms with Gasteiger partial charge in [-0.25, -0.2) is 8.42 Å². The first kappa shape index (κ1) is 29.5. The summed E-state index contributed by atoms with van der Waals surface area (Å²) >= 11 is 6.44. The summed E-state index contributed by atoms with van der Waals surface area (Å²) in [5, 5.41) is 11.9. The average molecular weight is 634 g/mol. The van der Waals surface area contributed by atoms with Crippen molar-refractivity contribution >= 4 is 44.0 Å². The Bertz CT molecular complexity index is 1770. The zero-order valence-electron chi connectivity index (χ0n) is 24.7. The maximum absolute atomic E-state index is 14.6. The van der Waals surface area contributed by atoms with E-state index in [0.717, 1.165) is 40.6 Å². The van der Waals surface area contributed by atoms with Crippen molar-refractivity contribution in [2.45, 2.75) is 50.5 Å². The van der Waals surface area contributed by atoms with Gasteiger partial charge in [-0.05, 0) is 93.1 Å². The Balaban J connectivity index is 1.18. The Morgan fingerprint density at radius 2 is 1.86 bits per heavy atom. The molecule has 0 radical (unpaired) electrons. The largest absolute Gasteiger partial charge is 0.494 e. The standard InChI is InChI=1S/C33H36ClN5O4S/c34-26-6-4-25-20-38(44(41,42)23-32(21-35)8-9-32)22-33(29(25)16-26)10-14-39(31(33)40)30-19-36-18-24-5-7-27(17-28(24)30)43-15-3-13-37-11-1-2-12-37/h4-7,16-19H,1-3,8-15,20,22-23H2. The summed E-state index contributed by atoms with van der Waals surface area (Å²) in [5.74, 6) is 0.349. The van der Waals surface area contributed by atoms with E-state index in [4.69, 9.17) is 16.3 Å². The minimum Gasteiger partial charge on any atom is -0.494 e. The Morgan fingerprint density at radius 3 is 2.64 bits per heavy atom. The van der Waals surface area contributed by atoms with Crippen LogP contribution in [0.1, 0.15) is 49.7 Å². The van der Waals surface area contributed by atoms with Crippen LogP contribution < -0.4 is 9.64 Å². The molecule has 4 heterocycles. The van der Waals surface area contributed by atoms with Crippen molar-refractivity contribution in [1.29, 1.82) is 5.26 Å². The number of likely N-dealkylation sites (tertiary alicyclic amines) is 1. The maximum atomic E-state index is 14.6. The molecule has 2 saturated heterocycles. The molecular weight excluding hydrogens is 598 g/mol. The molecule has 1 unspecified atom stereocenters. The summed E-state index contributed by atoms with van der Waals surface area (Å²) in [5.41, 5.74) is 0.306. The van der Waals surface area contributed by atoms with Gasteiger partial charge < -0.3 is 14.5 Å². The van der Waals surface area contributed by atoms with E-state index in [9.17, 15) is 18.5 Å². The minimum absolute atomic E-state index is 0.0170. The summed E-state index contributed by atoms with van der Waals surface area (Å²) in [4.78, 5) is 23.3. The van der Waals surface area contributed by atoms with Crippen molar-refractivity contribution < 1.29 is 17.9 Å². The molecule has 1 aliphatic carbocycles. The van der Waals surface area contributed by atoms with Crippen LogP contribution in [0, 0.1) is 16.7 Å². The highest BCUT2D eigenvalue weighted by Crippen LogP contribution is 2.49. The number of aromatic nitrogens is 1. The van der Waals surface area contributed by atoms with Gasteiger partial charge in [0.25, 0.3) is 0 Å². The summed E-state index contributed by atoms with van der Waals surface area (Å²) in [6.45, 7) is 4.55. The molecule has 1 aromatic heterocycles. The molecule has 3 fully saturated rings. The van der Waals surface area contributed by atoms with Crippen LogP contribution in [0.15, 0.2) is 48.8 Å². The quantitative estimate of drug-likeness (QED) is 0.309. The Morgan fingerprint density at radius 1 is 1.05 bits per heavy atom. The van der Waals surface area contributed by atoms with Crippen LogP contribution in [0.2, 0.25) is 5.02 Å². The molecule has 9 nitrogen and oxygen atoms in total. The normalized spacial score (nSPS) is 23.3. The summed E-state index contributed by atoms with van der Waals surface area (Å²) in [7, 11) is -3.79. The van der Waals surface area contributed by atoms with E-state index in [2.05, 4.69) is 16.0 Å². The number of halogens is 1. The second kappa shape index (κ2) is 11.3. The van der Waals surface area contributed by atoms with Crippen molar-refractivity contribution in [3.05, 3.63) is 64.9 Å². The topological polar surface area (TPSA) is 107 Å². The van der Waals surface area contributed by atoms with Gasteiger partial charge in [0.2, 0.25) is 15.9 Å². The van der Waals surface area contributed by atoms with Gasteiger partial charge in [0.15, 0.2) is 0 Å². The SMILES string of the molecule is N#CC1(CS(=O)(=O)N2Cc3ccc(Cl)cc3C3(CCN(c4cncc5ccc(OCCCN6CCCC6)cc45)C3=O)C2)CC1. The number of anilines is 1. The van der Waals surface area contributed by atoms with Crippen molar-refractivity contribution in [3.63, 3.8) is 0 Å². The molecule has 44 heavy (non-hydrogen) atoms. The second-order valence-corrected chi connectivity index (χ2v) is 15.2. The highest BCUT2D eigenvalue weighted by molar-refractivity contribution is 7.89. The first-order valence-electron chi connectivity index (χ1n) is 15.4. The fourth-order valence-corrected chi connectivity index (χ4v) is 9.31. The number of carbonyl (C=O) groups is 1. The van der Waals surface area contributed by atoms with E-state index >= 15 is 0 Å². The summed E-state index contributed by atoms with van der Waals surface area (Å²) in [6.07, 6.45) is 8.57. The molecule has 230 valence electrons. The Kier molecular flexibility index (Phi) is 7.56. The van der Waals surface area contributed by atoms with Gasteiger partial charge in [-0.2, -0.15) is 9.57 Å². The number of sulfonamides is 1. The van der Waals surface area contributed by atoms with Gasteiger partial charge in [-0.3, -0.25) is 9.78 Å². The molecule has 7 rings (SSSR count). The van der Waals surface area contributed by atoms with E-state index in [0.29, 0.717) is 43.1 Å². The van der Waals surface area contributed by atoms with E-state index in [1.54, 1.807) is 23.4 Å². The maximum Gasteiger partial charge on any atom is 0.239 e. The molecule has 0 N–H and O–H groups in total. The van der Waals surface area contributed by atoms with Crippen molar-refractivity contribution in [3.8, 4) is 11.8 Å². The van der Waals surface area contributed by atoms with Gasteiger partial charge in [0.1, 0.15) is 5.75 Å². The highest BCUT2D eigenvalue weighted by atomic mass is 35.5. The van der Waals surface area contributed by atoms with E-state index < -0.39 is 20.9 Å². The van der Waals surface area contributed by atoms with Crippen LogP contribution in [0.3, 0.4) is 0 Å². The number of pyridine rings is 1. The van der Waals surface area contributed by atoms with Crippen molar-refractivity contribution in [2.75, 3.05) is 50.0 Å². The number of hydrogen-bond donors (Lipinski definition) is 0. The smallest absolute Gasteiger partial charge is 0.239 e. The number of benzene rings is 2. The first-order chi connectivity index (χ1) is 21.2. The third kappa shape index (κ3) is 5.34. The van der Waals surface area contributed by atoms with Crippen LogP contribution in [-0.2, 0) is 26.8 Å². The van der Waals surface area contributed by atoms with E-state index in [-0.39, 0.29) is 24.7 Å². The molecule has 0 bridgehead atoms. The van der Waals surface area contributed by atoms with Gasteiger partial charge in [-0.1, -0.05) is 17.7 Å². The van der Waals surface area contributed by atoms with Gasteiger partial charge in [-0.15, -0.1) is 0 Å². The summed E-state index contributed by atoms with van der Waals surface area (Å²) in [6, 6.07) is 13.4. The van der Waals surface area contributed by atoms with E-state index in [1.807, 2.05) is 30.3 Å². The fraction of sp³-hybridized carbons (Fsp3) is 0.485. The number of amides is 1. The Hall–Kier alpha value is -3.23. The third-order valence-corrected chi connectivity index (χ3v) is 12.0. The molecule has 1 atom stereocenters. The highest BCUT2D eigenvalue weighted by Gasteiger charge is 2.56. The number of nitriles is 1. The number of fused-ring (bicyclic) bond motifs is 3. The first-order valence-corrected chi connectivity index (χ1v) is 17.4. The molecule has 2 aromatic carbocycles. The lowest BCUT2D eigenvalue weighted by Crippen LogP contribution is -2.53. The number of hydrogen-bond acceptors (Lipinski definition) is 7. The second-order valence-electron chi connectivity index (χ2n) is 12.8. The molecule has 3 aromatic rings. The molecule has 4 aliphatic rings. The van der Waals surface area contributed by atoms with Crippen LogP contribution in [0.4, 0.5) is 5.69 Å². The lowest BCUT2D eigenvalue weighted by atomic mass is 9.74. The minimum atomic E-state index is -3.79. The third-order valence-electron chi connectivity index (χ3n) is 9.83. The predicted molar refractivity (Wildman–Crippen MR) is 169 cm³/mol. The van der Waals surface area contributed by atoms with E-state index in [1.165, 1.54) is 30.2 Å². The van der Waals surface area contributed by atoms with Crippen LogP contribution in [-0.4, -0.2) is 73.6 Å². The number of rotatable bonds is 9. The zero-order chi connectivity index (χ0) is 30.5. The monoisotopic (exact) mass is 633 g/mol. The van der Waals surface area contributed by atoms with Crippen molar-refractivity contribution in [2.24, 2.45) is 5.41 Å². The number of nitrogens with zero attached hydrogens (tertiary/aromatic N) is 5. The molecule has 1 amide bonds. The van der Waals surface area contributed by atoms with Crippen LogP contribution >= 0.6 is 11.6 Å². The Labute approximate surface area is 263 Å². The summed E-state index contributed by atoms with van der Waals surface area (Å²) < 4.78 is 34.9. The van der Waals surface area contributed by atoms with Crippen molar-refractivity contribution in [1.82, 2.24) is 14.2 Å². The zero-order valence-corrected chi connectivity index (χ0v) is 26.2. The molecule has 1 saturated carbocycles. The number of carbonyl (C=O) groups excluding carboxylic acids is 1. The van der Waals surface area contributed by atoms with Crippen LogP contribution in [0.25, 0.3) is 10.8 Å². The molecule has 3 aliphatic heterocycles. The molecule has 11 heteroatoms. The van der Waals surface area contributed by atoms with Gasteiger partial charge >= 0.3 is 0 Å².